The van der Waals surface area contributed by atoms with Gasteiger partial charge >= 0.3 is 0 Å². The van der Waals surface area contributed by atoms with E-state index >= 15 is 0 Å². The van der Waals surface area contributed by atoms with Gasteiger partial charge in [0.1, 0.15) is 5.75 Å². The summed E-state index contributed by atoms with van der Waals surface area (Å²) in [5, 5.41) is 3.50. The van der Waals surface area contributed by atoms with E-state index in [4.69, 9.17) is 4.74 Å². The van der Waals surface area contributed by atoms with Crippen molar-refractivity contribution in [1.29, 1.82) is 0 Å². The van der Waals surface area contributed by atoms with E-state index in [1.165, 1.54) is 37.7 Å². The minimum absolute atomic E-state index is 0.886. The van der Waals surface area contributed by atoms with Crippen LogP contribution < -0.4 is 10.1 Å². The maximum Gasteiger partial charge on any atom is 0.123 e. The standard InChI is InChI=1S/C16H23NO/c1-18-16-10-6-5-9-15(16)13-17-12-11-14-7-3-2-4-8-14/h5-7,9-10,17H,2-4,8,11-13H2,1H3. The smallest absolute Gasteiger partial charge is 0.123 e. The van der Waals surface area contributed by atoms with Gasteiger partial charge in [0.25, 0.3) is 0 Å². The van der Waals surface area contributed by atoms with Gasteiger partial charge in [-0.25, -0.2) is 0 Å². The van der Waals surface area contributed by atoms with E-state index in [0.29, 0.717) is 0 Å². The number of methoxy groups -OCH3 is 1. The zero-order valence-electron chi connectivity index (χ0n) is 11.2. The van der Waals surface area contributed by atoms with Crippen LogP contribution in [-0.4, -0.2) is 13.7 Å². The number of hydrogen-bond acceptors (Lipinski definition) is 2. The molecule has 0 saturated heterocycles. The van der Waals surface area contributed by atoms with Crippen LogP contribution in [0.15, 0.2) is 35.9 Å². The lowest BCUT2D eigenvalue weighted by atomic mass is 9.97. The molecule has 1 N–H and O–H groups in total. The van der Waals surface area contributed by atoms with E-state index in [1.54, 1.807) is 12.7 Å². The molecule has 0 aromatic heterocycles. The molecule has 2 heteroatoms. The Bertz CT molecular complexity index is 398. The largest absolute Gasteiger partial charge is 0.496 e. The molecule has 1 aromatic rings. The summed E-state index contributed by atoms with van der Waals surface area (Å²) in [5.74, 6) is 0.974. The van der Waals surface area contributed by atoms with Gasteiger partial charge in [-0.15, -0.1) is 0 Å². The fourth-order valence-corrected chi connectivity index (χ4v) is 2.45. The molecular formula is C16H23NO. The Morgan fingerprint density at radius 2 is 2.11 bits per heavy atom. The van der Waals surface area contributed by atoms with Crippen molar-refractivity contribution in [3.63, 3.8) is 0 Å². The topological polar surface area (TPSA) is 21.3 Å². The van der Waals surface area contributed by atoms with Gasteiger partial charge in [0.2, 0.25) is 0 Å². The average Bonchev–Trinajstić information content (AvgIpc) is 2.45. The number of rotatable bonds is 6. The third kappa shape index (κ3) is 3.88. The van der Waals surface area contributed by atoms with E-state index in [1.807, 2.05) is 12.1 Å². The van der Waals surface area contributed by atoms with E-state index in [9.17, 15) is 0 Å². The monoisotopic (exact) mass is 245 g/mol. The Morgan fingerprint density at radius 1 is 1.22 bits per heavy atom. The first-order valence-electron chi connectivity index (χ1n) is 6.90. The minimum Gasteiger partial charge on any atom is -0.496 e. The molecule has 0 spiro atoms. The highest BCUT2D eigenvalue weighted by molar-refractivity contribution is 5.32. The van der Waals surface area contributed by atoms with Crippen LogP contribution >= 0.6 is 0 Å². The minimum atomic E-state index is 0.886. The highest BCUT2D eigenvalue weighted by Gasteiger charge is 2.04. The summed E-state index contributed by atoms with van der Waals surface area (Å²) in [6, 6.07) is 8.20. The SMILES string of the molecule is COc1ccccc1CNCCC1=CCCCC1. The summed E-state index contributed by atoms with van der Waals surface area (Å²) in [7, 11) is 1.73. The van der Waals surface area contributed by atoms with Crippen LogP contribution in [0, 0.1) is 0 Å². The van der Waals surface area contributed by atoms with Crippen molar-refractivity contribution >= 4 is 0 Å². The maximum absolute atomic E-state index is 5.34. The van der Waals surface area contributed by atoms with Crippen LogP contribution in [-0.2, 0) is 6.54 Å². The van der Waals surface area contributed by atoms with Crippen molar-refractivity contribution in [2.75, 3.05) is 13.7 Å². The molecule has 2 nitrogen and oxygen atoms in total. The van der Waals surface area contributed by atoms with Crippen molar-refractivity contribution in [2.45, 2.75) is 38.6 Å². The highest BCUT2D eigenvalue weighted by Crippen LogP contribution is 2.20. The lowest BCUT2D eigenvalue weighted by Gasteiger charge is -2.13. The number of hydrogen-bond donors (Lipinski definition) is 1. The van der Waals surface area contributed by atoms with E-state index in [0.717, 1.165) is 18.8 Å². The quantitative estimate of drug-likeness (QED) is 0.610. The zero-order chi connectivity index (χ0) is 12.6. The fraction of sp³-hybridized carbons (Fsp3) is 0.500. The summed E-state index contributed by atoms with van der Waals surface area (Å²) < 4.78 is 5.34. The number of nitrogens with one attached hydrogen (secondary N) is 1. The fourth-order valence-electron chi connectivity index (χ4n) is 2.45. The Kier molecular flexibility index (Phi) is 5.28. The molecule has 0 atom stereocenters. The van der Waals surface area contributed by atoms with Crippen LogP contribution in [0.4, 0.5) is 0 Å². The number of para-hydroxylation sites is 1. The second kappa shape index (κ2) is 7.22. The van der Waals surface area contributed by atoms with Crippen molar-refractivity contribution in [1.82, 2.24) is 5.32 Å². The number of benzene rings is 1. The molecule has 0 saturated carbocycles. The summed E-state index contributed by atoms with van der Waals surface area (Å²) >= 11 is 0. The second-order valence-corrected chi connectivity index (χ2v) is 4.85. The summed E-state index contributed by atoms with van der Waals surface area (Å²) in [6.07, 6.45) is 8.94. The third-order valence-corrected chi connectivity index (χ3v) is 3.52. The molecule has 0 aliphatic heterocycles. The van der Waals surface area contributed by atoms with Gasteiger partial charge in [-0.2, -0.15) is 0 Å². The van der Waals surface area contributed by atoms with E-state index < -0.39 is 0 Å². The molecule has 0 bridgehead atoms. The maximum atomic E-state index is 5.34. The Labute approximate surface area is 110 Å². The molecule has 1 aromatic carbocycles. The van der Waals surface area contributed by atoms with Gasteiger partial charge in [-0.1, -0.05) is 29.8 Å². The average molecular weight is 245 g/mol. The summed E-state index contributed by atoms with van der Waals surface area (Å²) in [4.78, 5) is 0. The van der Waals surface area contributed by atoms with E-state index in [-0.39, 0.29) is 0 Å². The first-order chi connectivity index (χ1) is 8.90. The van der Waals surface area contributed by atoms with Crippen LogP contribution in [0.3, 0.4) is 0 Å². The lowest BCUT2D eigenvalue weighted by molar-refractivity contribution is 0.407. The molecule has 0 radical (unpaired) electrons. The molecule has 2 rings (SSSR count). The second-order valence-electron chi connectivity index (χ2n) is 4.85. The molecule has 1 aliphatic carbocycles. The molecular weight excluding hydrogens is 222 g/mol. The van der Waals surface area contributed by atoms with Gasteiger partial charge in [0.15, 0.2) is 0 Å². The Balaban J connectivity index is 1.73. The first-order valence-corrected chi connectivity index (χ1v) is 6.90. The molecule has 0 unspecified atom stereocenters. The van der Waals surface area contributed by atoms with Gasteiger partial charge in [0, 0.05) is 12.1 Å². The van der Waals surface area contributed by atoms with Crippen LogP contribution in [0.25, 0.3) is 0 Å². The van der Waals surface area contributed by atoms with E-state index in [2.05, 4.69) is 23.5 Å². The highest BCUT2D eigenvalue weighted by atomic mass is 16.5. The van der Waals surface area contributed by atoms with Gasteiger partial charge in [0.05, 0.1) is 7.11 Å². The first kappa shape index (κ1) is 13.2. The summed E-state index contributed by atoms with van der Waals surface area (Å²) in [5.41, 5.74) is 2.87. The molecule has 1 aliphatic rings. The van der Waals surface area contributed by atoms with Crippen LogP contribution in [0.2, 0.25) is 0 Å². The molecule has 98 valence electrons. The van der Waals surface area contributed by atoms with Gasteiger partial charge in [-0.3, -0.25) is 0 Å². The zero-order valence-corrected chi connectivity index (χ0v) is 11.2. The van der Waals surface area contributed by atoms with Crippen molar-refractivity contribution in [3.05, 3.63) is 41.5 Å². The normalized spacial score (nSPS) is 15.3. The molecule has 18 heavy (non-hydrogen) atoms. The van der Waals surface area contributed by atoms with Crippen LogP contribution in [0.1, 0.15) is 37.7 Å². The predicted octanol–water partition coefficient (Wildman–Crippen LogP) is 3.68. The third-order valence-electron chi connectivity index (χ3n) is 3.52. The predicted molar refractivity (Wildman–Crippen MR) is 75.9 cm³/mol. The molecule has 0 fully saturated rings. The van der Waals surface area contributed by atoms with Gasteiger partial charge < -0.3 is 10.1 Å². The van der Waals surface area contributed by atoms with Gasteiger partial charge in [-0.05, 0) is 44.7 Å². The Morgan fingerprint density at radius 3 is 2.89 bits per heavy atom. The molecule has 0 heterocycles. The summed E-state index contributed by atoms with van der Waals surface area (Å²) in [6.45, 7) is 1.95. The lowest BCUT2D eigenvalue weighted by Crippen LogP contribution is -2.16. The van der Waals surface area contributed by atoms with Crippen molar-refractivity contribution in [2.24, 2.45) is 0 Å². The van der Waals surface area contributed by atoms with Crippen molar-refractivity contribution < 1.29 is 4.74 Å². The number of ether oxygens (including phenoxy) is 1. The molecule has 0 amide bonds. The Hall–Kier alpha value is -1.28. The van der Waals surface area contributed by atoms with Crippen molar-refractivity contribution in [3.8, 4) is 5.75 Å². The number of allylic oxidation sites excluding steroid dienone is 1. The van der Waals surface area contributed by atoms with Crippen LogP contribution in [0.5, 0.6) is 5.75 Å².